The van der Waals surface area contributed by atoms with Crippen molar-refractivity contribution in [1.82, 2.24) is 4.57 Å². The molecule has 1 aliphatic carbocycles. The fourth-order valence-corrected chi connectivity index (χ4v) is 7.65. The van der Waals surface area contributed by atoms with Gasteiger partial charge in [0.1, 0.15) is 11.2 Å². The first-order valence-corrected chi connectivity index (χ1v) is 15.0. The van der Waals surface area contributed by atoms with Gasteiger partial charge in [-0.05, 0) is 52.1 Å². The summed E-state index contributed by atoms with van der Waals surface area (Å²) in [7, 11) is -1.61. The molecule has 9 rings (SSSR count). The maximum atomic E-state index is 10.0. The van der Waals surface area contributed by atoms with Crippen molar-refractivity contribution in [2.45, 2.75) is 19.3 Å². The molecule has 210 valence electrons. The second-order valence-corrected chi connectivity index (χ2v) is 12.3. The number of fused-ring (bicyclic) bond motifs is 10. The fourth-order valence-electron chi connectivity index (χ4n) is 7.65. The minimum atomic E-state index is -1.61. The lowest BCUT2D eigenvalue weighted by Gasteiger charge is -2.23. The van der Waals surface area contributed by atoms with Gasteiger partial charge in [-0.2, -0.15) is 0 Å². The Kier molecular flexibility index (Phi) is 5.17. The lowest BCUT2D eigenvalue weighted by Crippen LogP contribution is -2.29. The van der Waals surface area contributed by atoms with Gasteiger partial charge < -0.3 is 19.0 Å². The van der Waals surface area contributed by atoms with Crippen LogP contribution in [0.4, 0.5) is 0 Å². The molecule has 6 aromatic carbocycles. The standard InChI is InChI=1S/C39H28BNO3/c1-39(2)32-16-7-6-12-26(32)27-19-20-28-31-22-23(18-21-34(31)41(36(28)35(27)39)24-10-4-3-5-11-24)25-13-8-14-29-30-15-9-17-33(40(42)43)38(30)44-37(25)29/h3-22,42-43H,1-2H3. The van der Waals surface area contributed by atoms with E-state index in [0.717, 1.165) is 38.7 Å². The van der Waals surface area contributed by atoms with Gasteiger partial charge in [-0.15, -0.1) is 0 Å². The quantitative estimate of drug-likeness (QED) is 0.210. The van der Waals surface area contributed by atoms with Crippen LogP contribution in [0.2, 0.25) is 0 Å². The predicted octanol–water partition coefficient (Wildman–Crippen LogP) is 8.34. The number of hydrogen-bond acceptors (Lipinski definition) is 3. The highest BCUT2D eigenvalue weighted by Gasteiger charge is 2.38. The number of rotatable bonds is 3. The molecule has 8 aromatic rings. The van der Waals surface area contributed by atoms with Crippen molar-refractivity contribution in [3.8, 4) is 27.9 Å². The Morgan fingerprint density at radius 3 is 2.16 bits per heavy atom. The molecule has 0 atom stereocenters. The van der Waals surface area contributed by atoms with E-state index in [0.29, 0.717) is 11.0 Å². The second kappa shape index (κ2) is 8.96. The highest BCUT2D eigenvalue weighted by molar-refractivity contribution is 6.61. The maximum absolute atomic E-state index is 10.0. The summed E-state index contributed by atoms with van der Waals surface area (Å²) >= 11 is 0. The second-order valence-electron chi connectivity index (χ2n) is 12.3. The molecule has 2 heterocycles. The Morgan fingerprint density at radius 1 is 0.614 bits per heavy atom. The molecule has 0 unspecified atom stereocenters. The Hall–Kier alpha value is -5.10. The molecule has 0 fully saturated rings. The summed E-state index contributed by atoms with van der Waals surface area (Å²) < 4.78 is 8.83. The molecule has 0 amide bonds. The van der Waals surface area contributed by atoms with Crippen LogP contribution >= 0.6 is 0 Å². The number of nitrogens with zero attached hydrogens (tertiary/aromatic N) is 1. The molecule has 0 bridgehead atoms. The van der Waals surface area contributed by atoms with Crippen molar-refractivity contribution in [1.29, 1.82) is 0 Å². The van der Waals surface area contributed by atoms with Gasteiger partial charge in [0.05, 0.1) is 11.0 Å². The predicted molar refractivity (Wildman–Crippen MR) is 181 cm³/mol. The van der Waals surface area contributed by atoms with E-state index >= 15 is 0 Å². The number of aromatic nitrogens is 1. The van der Waals surface area contributed by atoms with Crippen LogP contribution in [0.25, 0.3) is 71.7 Å². The zero-order chi connectivity index (χ0) is 29.7. The normalized spacial score (nSPS) is 13.6. The molecule has 0 spiro atoms. The number of furan rings is 1. The summed E-state index contributed by atoms with van der Waals surface area (Å²) in [4.78, 5) is 0. The van der Waals surface area contributed by atoms with E-state index in [1.807, 2.05) is 24.3 Å². The van der Waals surface area contributed by atoms with Crippen LogP contribution in [-0.4, -0.2) is 21.7 Å². The number of hydrogen-bond donors (Lipinski definition) is 2. The minimum absolute atomic E-state index is 0.163. The lowest BCUT2D eigenvalue weighted by molar-refractivity contribution is 0.425. The minimum Gasteiger partial charge on any atom is -0.456 e. The summed E-state index contributed by atoms with van der Waals surface area (Å²) in [5.41, 5.74) is 12.3. The van der Waals surface area contributed by atoms with Gasteiger partial charge >= 0.3 is 7.12 Å². The average molecular weight is 569 g/mol. The molecule has 2 aromatic heterocycles. The SMILES string of the molecule is CC1(C)c2ccccc2-c2ccc3c4cc(-c5cccc6c5oc5c(B(O)O)cccc56)ccc4n(-c4ccccc4)c3c21. The molecule has 2 N–H and O–H groups in total. The Morgan fingerprint density at radius 2 is 1.34 bits per heavy atom. The number of benzene rings is 6. The molecule has 0 radical (unpaired) electrons. The zero-order valence-corrected chi connectivity index (χ0v) is 24.4. The van der Waals surface area contributed by atoms with E-state index in [4.69, 9.17) is 4.42 Å². The first-order valence-electron chi connectivity index (χ1n) is 15.0. The van der Waals surface area contributed by atoms with Crippen LogP contribution in [0.3, 0.4) is 0 Å². The maximum Gasteiger partial charge on any atom is 0.492 e. The van der Waals surface area contributed by atoms with Gasteiger partial charge in [0.15, 0.2) is 0 Å². The van der Waals surface area contributed by atoms with Crippen molar-refractivity contribution in [2.75, 3.05) is 0 Å². The van der Waals surface area contributed by atoms with Crippen LogP contribution in [-0.2, 0) is 5.41 Å². The topological polar surface area (TPSA) is 58.5 Å². The van der Waals surface area contributed by atoms with Gasteiger partial charge in [0.2, 0.25) is 0 Å². The first kappa shape index (κ1) is 25.4. The molecular weight excluding hydrogens is 541 g/mol. The Labute approximate surface area is 254 Å². The first-order chi connectivity index (χ1) is 21.4. The Balaban J connectivity index is 1.36. The smallest absolute Gasteiger partial charge is 0.456 e. The van der Waals surface area contributed by atoms with Gasteiger partial charge in [0.25, 0.3) is 0 Å². The molecular formula is C39H28BNO3. The highest BCUT2D eigenvalue weighted by Crippen LogP contribution is 2.53. The summed E-state index contributed by atoms with van der Waals surface area (Å²) in [6, 6.07) is 42.3. The van der Waals surface area contributed by atoms with Crippen LogP contribution < -0.4 is 5.46 Å². The van der Waals surface area contributed by atoms with E-state index in [1.54, 1.807) is 6.07 Å². The Bertz CT molecular complexity index is 2450. The van der Waals surface area contributed by atoms with Crippen molar-refractivity contribution in [3.05, 3.63) is 132 Å². The third-order valence-corrected chi connectivity index (χ3v) is 9.60. The van der Waals surface area contributed by atoms with E-state index < -0.39 is 7.12 Å². The van der Waals surface area contributed by atoms with Crippen molar-refractivity contribution < 1.29 is 14.5 Å². The van der Waals surface area contributed by atoms with Crippen molar-refractivity contribution >= 4 is 56.3 Å². The monoisotopic (exact) mass is 569 g/mol. The third-order valence-electron chi connectivity index (χ3n) is 9.60. The average Bonchev–Trinajstić information content (AvgIpc) is 3.67. The van der Waals surface area contributed by atoms with Crippen molar-refractivity contribution in [3.63, 3.8) is 0 Å². The lowest BCUT2D eigenvalue weighted by atomic mass is 9.79. The summed E-state index contributed by atoms with van der Waals surface area (Å²) in [5.74, 6) is 0. The zero-order valence-electron chi connectivity index (χ0n) is 24.4. The van der Waals surface area contributed by atoms with E-state index in [-0.39, 0.29) is 5.41 Å². The molecule has 0 saturated carbocycles. The van der Waals surface area contributed by atoms with Gasteiger partial charge in [-0.25, -0.2) is 0 Å². The van der Waals surface area contributed by atoms with Gasteiger partial charge in [-0.3, -0.25) is 0 Å². The van der Waals surface area contributed by atoms with Crippen LogP contribution in [0.1, 0.15) is 25.0 Å². The molecule has 0 aliphatic heterocycles. The molecule has 5 heteroatoms. The van der Waals surface area contributed by atoms with Crippen molar-refractivity contribution in [2.24, 2.45) is 0 Å². The van der Waals surface area contributed by atoms with Gasteiger partial charge in [-0.1, -0.05) is 111 Å². The highest BCUT2D eigenvalue weighted by atomic mass is 16.4. The van der Waals surface area contributed by atoms with Crippen LogP contribution in [0.5, 0.6) is 0 Å². The van der Waals surface area contributed by atoms with Gasteiger partial charge in [0, 0.05) is 43.7 Å². The molecule has 0 saturated heterocycles. The summed E-state index contributed by atoms with van der Waals surface area (Å²) in [5, 5.41) is 24.2. The molecule has 1 aliphatic rings. The van der Waals surface area contributed by atoms with E-state index in [9.17, 15) is 10.0 Å². The molecule has 44 heavy (non-hydrogen) atoms. The largest absolute Gasteiger partial charge is 0.492 e. The molecule has 4 nitrogen and oxygen atoms in total. The van der Waals surface area contributed by atoms with E-state index in [1.165, 1.54) is 38.5 Å². The number of para-hydroxylation sites is 3. The summed E-state index contributed by atoms with van der Waals surface area (Å²) in [6.07, 6.45) is 0. The summed E-state index contributed by atoms with van der Waals surface area (Å²) in [6.45, 7) is 4.69. The third kappa shape index (κ3) is 3.31. The van der Waals surface area contributed by atoms with E-state index in [2.05, 4.69) is 109 Å². The van der Waals surface area contributed by atoms with Crippen LogP contribution in [0, 0.1) is 0 Å². The fraction of sp³-hybridized carbons (Fsp3) is 0.0769. The van der Waals surface area contributed by atoms with Crippen LogP contribution in [0.15, 0.2) is 126 Å².